The molecule has 13 heteroatoms. The number of ether oxygens (including phenoxy) is 2. The van der Waals surface area contributed by atoms with Crippen molar-refractivity contribution in [1.29, 1.82) is 0 Å². The van der Waals surface area contributed by atoms with Crippen LogP contribution in [0.3, 0.4) is 0 Å². The number of carbonyl (C=O) groups excluding carboxylic acids is 5. The summed E-state index contributed by atoms with van der Waals surface area (Å²) < 4.78 is 10.6. The number of hydrogen-bond donors (Lipinski definition) is 5. The minimum atomic E-state index is -1.07. The highest BCUT2D eigenvalue weighted by Crippen LogP contribution is 2.21. The average Bonchev–Trinajstić information content (AvgIpc) is 3.52. The van der Waals surface area contributed by atoms with Crippen LogP contribution in [0.5, 0.6) is 0 Å². The van der Waals surface area contributed by atoms with Crippen LogP contribution in [0.1, 0.15) is 56.2 Å². The van der Waals surface area contributed by atoms with Gasteiger partial charge in [-0.15, -0.1) is 0 Å². The zero-order valence-electron chi connectivity index (χ0n) is 29.2. The Morgan fingerprint density at radius 1 is 0.840 bits per heavy atom. The summed E-state index contributed by atoms with van der Waals surface area (Å²) in [5.41, 5.74) is 8.81. The first kappa shape index (κ1) is 38.3. The monoisotopic (exact) mass is 692 g/mol. The molecule has 50 heavy (non-hydrogen) atoms. The highest BCUT2D eigenvalue weighted by Gasteiger charge is 2.32. The molecule has 6 N–H and O–H groups in total. The molecule has 0 radical (unpaired) electrons. The van der Waals surface area contributed by atoms with Gasteiger partial charge in [0.15, 0.2) is 6.61 Å². The van der Waals surface area contributed by atoms with Crippen molar-refractivity contribution in [3.63, 3.8) is 0 Å². The number of nitrogens with one attached hydrogen (secondary N) is 4. The molecule has 1 aliphatic heterocycles. The third kappa shape index (κ3) is 12.1. The topological polar surface area (TPSA) is 181 Å². The molecule has 2 aliphatic rings. The Hall–Kier alpha value is -4.49. The minimum Gasteiger partial charge on any atom is -0.439 e. The van der Waals surface area contributed by atoms with Gasteiger partial charge in [-0.2, -0.15) is 0 Å². The summed E-state index contributed by atoms with van der Waals surface area (Å²) in [5.74, 6) is -1.88. The molecule has 3 unspecified atom stereocenters. The van der Waals surface area contributed by atoms with Crippen LogP contribution in [-0.4, -0.2) is 98.2 Å². The Morgan fingerprint density at radius 3 is 2.10 bits per heavy atom. The van der Waals surface area contributed by atoms with Gasteiger partial charge >= 0.3 is 6.09 Å². The molecular formula is C37H52N6O7. The fourth-order valence-electron chi connectivity index (χ4n) is 6.30. The molecule has 1 aliphatic carbocycles. The Kier molecular flexibility index (Phi) is 15.0. The van der Waals surface area contributed by atoms with E-state index in [9.17, 15) is 24.0 Å². The standard InChI is InChI=1S/C37H52N6O7/c1-25(2)20-31(34(45)41-30(14-8-9-15-38)36(47)43-16-18-49-19-17-43)42-35(46)32(21-26-10-4-3-5-11-26)40-33(44)24-50-37(48)39-29-22-27-12-6-7-13-28(27)23-29/h3-7,10-13,25,29-32H,8-9,14-24,38H2,1-2H3,(H,39,48)(H,40,44)(H,41,45)(H,42,46). The van der Waals surface area contributed by atoms with E-state index in [1.807, 2.05) is 68.4 Å². The van der Waals surface area contributed by atoms with E-state index in [-0.39, 0.29) is 24.3 Å². The van der Waals surface area contributed by atoms with Crippen LogP contribution >= 0.6 is 0 Å². The van der Waals surface area contributed by atoms with Crippen LogP contribution < -0.4 is 27.0 Å². The summed E-state index contributed by atoms with van der Waals surface area (Å²) in [4.78, 5) is 68.2. The highest BCUT2D eigenvalue weighted by molar-refractivity contribution is 5.94. The number of nitrogens with zero attached hydrogens (tertiary/aromatic N) is 1. The molecule has 1 saturated heterocycles. The van der Waals surface area contributed by atoms with Crippen molar-refractivity contribution >= 4 is 29.7 Å². The molecule has 2 aromatic carbocycles. The van der Waals surface area contributed by atoms with Gasteiger partial charge in [0.2, 0.25) is 17.7 Å². The van der Waals surface area contributed by atoms with Gasteiger partial charge in [0.25, 0.3) is 5.91 Å². The van der Waals surface area contributed by atoms with E-state index in [4.69, 9.17) is 15.2 Å². The van der Waals surface area contributed by atoms with Crippen molar-refractivity contribution in [2.75, 3.05) is 39.5 Å². The second-order valence-electron chi connectivity index (χ2n) is 13.4. The molecule has 1 heterocycles. The zero-order chi connectivity index (χ0) is 35.9. The van der Waals surface area contributed by atoms with Gasteiger partial charge in [-0.05, 0) is 67.7 Å². The number of benzene rings is 2. The third-order valence-electron chi connectivity index (χ3n) is 8.87. The van der Waals surface area contributed by atoms with Gasteiger partial charge in [0.05, 0.1) is 13.2 Å². The van der Waals surface area contributed by atoms with Crippen molar-refractivity contribution in [2.45, 2.75) is 83.0 Å². The first-order valence-electron chi connectivity index (χ1n) is 17.6. The molecule has 2 aromatic rings. The Labute approximate surface area is 294 Å². The molecule has 272 valence electrons. The van der Waals surface area contributed by atoms with E-state index in [1.54, 1.807) is 4.90 Å². The van der Waals surface area contributed by atoms with Gasteiger partial charge in [0, 0.05) is 25.6 Å². The van der Waals surface area contributed by atoms with Crippen LogP contribution in [-0.2, 0) is 47.9 Å². The number of amides is 5. The molecule has 0 aromatic heterocycles. The van der Waals surface area contributed by atoms with Crippen LogP contribution in [0.15, 0.2) is 54.6 Å². The van der Waals surface area contributed by atoms with Gasteiger partial charge in [-0.1, -0.05) is 68.4 Å². The summed E-state index contributed by atoms with van der Waals surface area (Å²) in [6.45, 7) is 5.48. The number of nitrogens with two attached hydrogens (primary N) is 1. The minimum absolute atomic E-state index is 0.0263. The van der Waals surface area contributed by atoms with Crippen LogP contribution in [0, 0.1) is 5.92 Å². The molecular weight excluding hydrogens is 640 g/mol. The maximum Gasteiger partial charge on any atom is 0.407 e. The van der Waals surface area contributed by atoms with Gasteiger partial charge in [-0.3, -0.25) is 19.2 Å². The van der Waals surface area contributed by atoms with E-state index in [0.29, 0.717) is 71.4 Å². The summed E-state index contributed by atoms with van der Waals surface area (Å²) in [7, 11) is 0. The maximum absolute atomic E-state index is 13.8. The van der Waals surface area contributed by atoms with Crippen molar-refractivity contribution < 1.29 is 33.4 Å². The number of fused-ring (bicyclic) bond motifs is 1. The SMILES string of the molecule is CC(C)CC(NC(=O)C(Cc1ccccc1)NC(=O)COC(=O)NC1Cc2ccccc2C1)C(=O)NC(CCCCN)C(=O)N1CCOCC1. The fraction of sp³-hybridized carbons (Fsp3) is 0.541. The van der Waals surface area contributed by atoms with Crippen LogP contribution in [0.25, 0.3) is 0 Å². The van der Waals surface area contributed by atoms with Crippen LogP contribution in [0.4, 0.5) is 4.79 Å². The van der Waals surface area contributed by atoms with Gasteiger partial charge in [0.1, 0.15) is 18.1 Å². The van der Waals surface area contributed by atoms with E-state index >= 15 is 0 Å². The van der Waals surface area contributed by atoms with E-state index in [0.717, 1.165) is 5.56 Å². The summed E-state index contributed by atoms with van der Waals surface area (Å²) in [6, 6.07) is 14.2. The molecule has 0 bridgehead atoms. The highest BCUT2D eigenvalue weighted by atomic mass is 16.6. The van der Waals surface area contributed by atoms with Crippen molar-refractivity contribution in [3.8, 4) is 0 Å². The lowest BCUT2D eigenvalue weighted by molar-refractivity contribution is -0.141. The summed E-state index contributed by atoms with van der Waals surface area (Å²) in [5, 5.41) is 11.2. The number of rotatable bonds is 17. The normalized spacial score (nSPS) is 16.1. The van der Waals surface area contributed by atoms with Crippen molar-refractivity contribution in [1.82, 2.24) is 26.2 Å². The van der Waals surface area contributed by atoms with Crippen molar-refractivity contribution in [3.05, 3.63) is 71.3 Å². The number of hydrogen-bond acceptors (Lipinski definition) is 8. The second kappa shape index (κ2) is 19.6. The molecule has 0 spiro atoms. The number of unbranched alkanes of at least 4 members (excludes halogenated alkanes) is 1. The first-order chi connectivity index (χ1) is 24.1. The Bertz CT molecular complexity index is 1410. The lowest BCUT2D eigenvalue weighted by Gasteiger charge is -2.32. The number of carbonyl (C=O) groups is 5. The lowest BCUT2D eigenvalue weighted by Crippen LogP contribution is -2.58. The molecule has 3 atom stereocenters. The van der Waals surface area contributed by atoms with Gasteiger partial charge in [-0.25, -0.2) is 4.79 Å². The molecule has 4 rings (SSSR count). The molecule has 1 fully saturated rings. The number of alkyl carbamates (subject to hydrolysis) is 1. The Balaban J connectivity index is 1.39. The molecule has 0 saturated carbocycles. The van der Waals surface area contributed by atoms with E-state index in [2.05, 4.69) is 21.3 Å². The summed E-state index contributed by atoms with van der Waals surface area (Å²) in [6.07, 6.45) is 2.85. The van der Waals surface area contributed by atoms with Gasteiger partial charge < -0.3 is 41.4 Å². The predicted molar refractivity (Wildman–Crippen MR) is 188 cm³/mol. The zero-order valence-corrected chi connectivity index (χ0v) is 29.2. The van der Waals surface area contributed by atoms with E-state index < -0.39 is 48.5 Å². The maximum atomic E-state index is 13.8. The average molecular weight is 693 g/mol. The van der Waals surface area contributed by atoms with Crippen LogP contribution in [0.2, 0.25) is 0 Å². The first-order valence-corrected chi connectivity index (χ1v) is 17.6. The third-order valence-corrected chi connectivity index (χ3v) is 8.87. The fourth-order valence-corrected chi connectivity index (χ4v) is 6.30. The quantitative estimate of drug-likeness (QED) is 0.155. The lowest BCUT2D eigenvalue weighted by atomic mass is 10.00. The van der Waals surface area contributed by atoms with E-state index in [1.165, 1.54) is 11.1 Å². The molecule has 13 nitrogen and oxygen atoms in total. The second-order valence-corrected chi connectivity index (χ2v) is 13.4. The molecule has 5 amide bonds. The smallest absolute Gasteiger partial charge is 0.407 e. The summed E-state index contributed by atoms with van der Waals surface area (Å²) >= 11 is 0. The largest absolute Gasteiger partial charge is 0.439 e. The number of morpholine rings is 1. The predicted octanol–water partition coefficient (Wildman–Crippen LogP) is 1.61. The Morgan fingerprint density at radius 2 is 1.46 bits per heavy atom. The van der Waals surface area contributed by atoms with Crippen molar-refractivity contribution in [2.24, 2.45) is 11.7 Å².